The second-order valence-corrected chi connectivity index (χ2v) is 6.56. The molecule has 1 aromatic heterocycles. The second kappa shape index (κ2) is 8.47. The molecule has 0 amide bonds. The Balaban J connectivity index is 1.65. The lowest BCUT2D eigenvalue weighted by Gasteiger charge is -2.21. The summed E-state index contributed by atoms with van der Waals surface area (Å²) in [5, 5.41) is 3.49. The number of hydrogen-bond acceptors (Lipinski definition) is 4. The second-order valence-electron chi connectivity index (χ2n) is 6.56. The van der Waals surface area contributed by atoms with Crippen molar-refractivity contribution in [1.82, 2.24) is 15.2 Å². The summed E-state index contributed by atoms with van der Waals surface area (Å²) >= 11 is 0. The molecule has 1 N–H and O–H groups in total. The molecule has 21 heavy (non-hydrogen) atoms. The quantitative estimate of drug-likeness (QED) is 0.797. The van der Waals surface area contributed by atoms with Crippen LogP contribution in [0.2, 0.25) is 0 Å². The normalized spacial score (nSPS) is 22.3. The molecule has 2 heterocycles. The largest absolute Gasteiger partial charge is 0.372 e. The first-order valence-electron chi connectivity index (χ1n) is 8.07. The average Bonchev–Trinajstić information content (AvgIpc) is 2.86. The molecule has 118 valence electrons. The number of nitrogens with one attached hydrogen (secondary N) is 1. The van der Waals surface area contributed by atoms with Crippen LogP contribution in [0.5, 0.6) is 0 Å². The lowest BCUT2D eigenvalue weighted by molar-refractivity contribution is 0.0265. The molecule has 1 aliphatic rings. The maximum Gasteiger partial charge on any atom is 0.0707 e. The van der Waals surface area contributed by atoms with E-state index >= 15 is 0 Å². The van der Waals surface area contributed by atoms with E-state index < -0.39 is 0 Å². The molecule has 1 fully saturated rings. The molecule has 0 aliphatic carbocycles. The first kappa shape index (κ1) is 16.4. The molecule has 2 atom stereocenters. The summed E-state index contributed by atoms with van der Waals surface area (Å²) in [7, 11) is 2.16. The van der Waals surface area contributed by atoms with Crippen LogP contribution in [-0.4, -0.2) is 48.8 Å². The van der Waals surface area contributed by atoms with Crippen LogP contribution in [0.25, 0.3) is 0 Å². The fraction of sp³-hybridized carbons (Fsp3) is 0.706. The van der Waals surface area contributed by atoms with Crippen molar-refractivity contribution in [2.75, 3.05) is 26.7 Å². The number of nitrogens with zero attached hydrogens (tertiary/aromatic N) is 2. The van der Waals surface area contributed by atoms with Gasteiger partial charge in [-0.15, -0.1) is 0 Å². The van der Waals surface area contributed by atoms with E-state index in [1.807, 2.05) is 12.4 Å². The minimum atomic E-state index is 0.377. The Hall–Kier alpha value is -0.970. The zero-order valence-electron chi connectivity index (χ0n) is 13.6. The van der Waals surface area contributed by atoms with E-state index in [0.717, 1.165) is 26.2 Å². The van der Waals surface area contributed by atoms with Gasteiger partial charge in [-0.3, -0.25) is 9.88 Å². The van der Waals surface area contributed by atoms with Crippen LogP contribution >= 0.6 is 0 Å². The van der Waals surface area contributed by atoms with Crippen LogP contribution in [0.3, 0.4) is 0 Å². The fourth-order valence-electron chi connectivity index (χ4n) is 2.81. The van der Waals surface area contributed by atoms with Crippen molar-refractivity contribution in [1.29, 1.82) is 0 Å². The zero-order valence-corrected chi connectivity index (χ0v) is 13.6. The fourth-order valence-corrected chi connectivity index (χ4v) is 2.81. The third kappa shape index (κ3) is 6.12. The molecule has 2 rings (SSSR count). The van der Waals surface area contributed by atoms with Crippen molar-refractivity contribution in [2.24, 2.45) is 5.92 Å². The maximum absolute atomic E-state index is 6.14. The summed E-state index contributed by atoms with van der Waals surface area (Å²) in [5.74, 6) is 0.702. The van der Waals surface area contributed by atoms with Crippen molar-refractivity contribution in [2.45, 2.75) is 45.4 Å². The van der Waals surface area contributed by atoms with Crippen LogP contribution in [0.4, 0.5) is 0 Å². The predicted molar refractivity (Wildman–Crippen MR) is 86.2 cm³/mol. The molecule has 1 aromatic rings. The average molecular weight is 291 g/mol. The van der Waals surface area contributed by atoms with Gasteiger partial charge in [0.2, 0.25) is 0 Å². The highest BCUT2D eigenvalue weighted by Crippen LogP contribution is 2.20. The van der Waals surface area contributed by atoms with Crippen molar-refractivity contribution in [3.05, 3.63) is 30.1 Å². The molecular formula is C17H29N3O. The molecule has 4 heteroatoms. The molecule has 2 unspecified atom stereocenters. The third-order valence-corrected chi connectivity index (χ3v) is 3.84. The van der Waals surface area contributed by atoms with Gasteiger partial charge in [-0.05, 0) is 50.0 Å². The number of pyridine rings is 1. The van der Waals surface area contributed by atoms with Crippen molar-refractivity contribution in [3.63, 3.8) is 0 Å². The first-order chi connectivity index (χ1) is 10.1. The van der Waals surface area contributed by atoms with Gasteiger partial charge in [0, 0.05) is 32.0 Å². The van der Waals surface area contributed by atoms with Gasteiger partial charge in [0.1, 0.15) is 0 Å². The van der Waals surface area contributed by atoms with Crippen LogP contribution < -0.4 is 5.32 Å². The van der Waals surface area contributed by atoms with E-state index in [1.165, 1.54) is 18.4 Å². The van der Waals surface area contributed by atoms with E-state index in [0.29, 0.717) is 18.1 Å². The molecule has 0 aromatic carbocycles. The Kier molecular flexibility index (Phi) is 6.61. The summed E-state index contributed by atoms with van der Waals surface area (Å²) in [4.78, 5) is 6.39. The van der Waals surface area contributed by atoms with Gasteiger partial charge >= 0.3 is 0 Å². The Labute approximate surface area is 128 Å². The molecule has 0 bridgehead atoms. The highest BCUT2D eigenvalue weighted by molar-refractivity contribution is 5.09. The number of likely N-dealkylation sites (N-methyl/N-ethyl adjacent to an activating group) is 1. The molecule has 0 radical (unpaired) electrons. The summed E-state index contributed by atoms with van der Waals surface area (Å²) in [6.07, 6.45) is 6.83. The van der Waals surface area contributed by atoms with Gasteiger partial charge in [-0.2, -0.15) is 0 Å². The summed E-state index contributed by atoms with van der Waals surface area (Å²) in [6, 6.07) is 4.15. The van der Waals surface area contributed by atoms with Crippen LogP contribution in [0.15, 0.2) is 24.5 Å². The Bertz CT molecular complexity index is 396. The molecule has 4 nitrogen and oxygen atoms in total. The monoisotopic (exact) mass is 291 g/mol. The Morgan fingerprint density at radius 2 is 2.00 bits per heavy atom. The summed E-state index contributed by atoms with van der Waals surface area (Å²) in [5.41, 5.74) is 1.31. The highest BCUT2D eigenvalue weighted by atomic mass is 16.5. The Morgan fingerprint density at radius 1 is 1.29 bits per heavy atom. The van der Waals surface area contributed by atoms with Crippen LogP contribution in [0.1, 0.15) is 32.3 Å². The first-order valence-corrected chi connectivity index (χ1v) is 8.07. The molecule has 0 saturated carbocycles. The smallest absolute Gasteiger partial charge is 0.0707 e. The van der Waals surface area contributed by atoms with E-state index in [-0.39, 0.29) is 0 Å². The lowest BCUT2D eigenvalue weighted by atomic mass is 10.1. The van der Waals surface area contributed by atoms with Crippen molar-refractivity contribution in [3.8, 4) is 0 Å². The lowest BCUT2D eigenvalue weighted by Crippen LogP contribution is -2.32. The van der Waals surface area contributed by atoms with E-state index in [9.17, 15) is 0 Å². The zero-order chi connectivity index (χ0) is 15.1. The topological polar surface area (TPSA) is 37.4 Å². The summed E-state index contributed by atoms with van der Waals surface area (Å²) < 4.78 is 6.14. The van der Waals surface area contributed by atoms with Gasteiger partial charge in [0.05, 0.1) is 12.2 Å². The predicted octanol–water partition coefficient (Wildman–Crippen LogP) is 2.31. The van der Waals surface area contributed by atoms with Gasteiger partial charge in [-0.1, -0.05) is 13.8 Å². The molecular weight excluding hydrogens is 262 g/mol. The van der Waals surface area contributed by atoms with Crippen LogP contribution in [-0.2, 0) is 11.3 Å². The number of hydrogen-bond donors (Lipinski definition) is 1. The van der Waals surface area contributed by atoms with Crippen LogP contribution in [0, 0.1) is 5.92 Å². The molecule has 1 aliphatic heterocycles. The Morgan fingerprint density at radius 3 is 2.71 bits per heavy atom. The summed E-state index contributed by atoms with van der Waals surface area (Å²) in [6.45, 7) is 8.50. The standard InChI is InChI=1S/C17H29N3O/c1-14(2)10-19-11-16-4-5-17(21-16)13-20(3)12-15-6-8-18-9-7-15/h6-9,14,16-17,19H,4-5,10-13H2,1-3H3. The number of aromatic nitrogens is 1. The molecule has 1 saturated heterocycles. The SMILES string of the molecule is CC(C)CNCC1CCC(CN(C)Cc2ccncc2)O1. The van der Waals surface area contributed by atoms with Crippen molar-refractivity contribution < 1.29 is 4.74 Å². The number of rotatable bonds is 8. The highest BCUT2D eigenvalue weighted by Gasteiger charge is 2.25. The maximum atomic E-state index is 6.14. The van der Waals surface area contributed by atoms with E-state index in [4.69, 9.17) is 4.74 Å². The van der Waals surface area contributed by atoms with E-state index in [2.05, 4.69) is 48.2 Å². The van der Waals surface area contributed by atoms with Gasteiger partial charge in [-0.25, -0.2) is 0 Å². The van der Waals surface area contributed by atoms with Gasteiger partial charge in [0.15, 0.2) is 0 Å². The molecule has 0 spiro atoms. The van der Waals surface area contributed by atoms with Gasteiger partial charge in [0.25, 0.3) is 0 Å². The number of ether oxygens (including phenoxy) is 1. The van der Waals surface area contributed by atoms with Gasteiger partial charge < -0.3 is 10.1 Å². The van der Waals surface area contributed by atoms with Crippen molar-refractivity contribution >= 4 is 0 Å². The van der Waals surface area contributed by atoms with E-state index in [1.54, 1.807) is 0 Å². The third-order valence-electron chi connectivity index (χ3n) is 3.84. The minimum Gasteiger partial charge on any atom is -0.372 e. The minimum absolute atomic E-state index is 0.377.